The first-order valence-corrected chi connectivity index (χ1v) is 5.88. The largest absolute Gasteiger partial charge is 0.304 e. The van der Waals surface area contributed by atoms with Crippen molar-refractivity contribution in [3.8, 4) is 0 Å². The van der Waals surface area contributed by atoms with Crippen LogP contribution >= 0.6 is 0 Å². The summed E-state index contributed by atoms with van der Waals surface area (Å²) in [5.74, 6) is 5.58. The first kappa shape index (κ1) is 13.2. The van der Waals surface area contributed by atoms with Crippen molar-refractivity contribution in [1.82, 2.24) is 20.1 Å². The minimum Gasteiger partial charge on any atom is -0.304 e. The minimum absolute atomic E-state index is 0.189. The highest BCUT2D eigenvalue weighted by molar-refractivity contribution is 5.09. The number of aryl methyl sites for hydroxylation is 1. The maximum absolute atomic E-state index is 5.58. The van der Waals surface area contributed by atoms with Crippen molar-refractivity contribution in [3.05, 3.63) is 18.0 Å². The Morgan fingerprint density at radius 2 is 2.19 bits per heavy atom. The Bertz CT molecular complexity index is 292. The molecule has 0 saturated carbocycles. The number of nitrogens with zero attached hydrogens (tertiary/aromatic N) is 3. The number of hydrogen-bond donors (Lipinski definition) is 2. The van der Waals surface area contributed by atoms with E-state index in [9.17, 15) is 0 Å². The van der Waals surface area contributed by atoms with Crippen LogP contribution in [0.15, 0.2) is 12.4 Å². The van der Waals surface area contributed by atoms with Crippen molar-refractivity contribution >= 4 is 0 Å². The summed E-state index contributed by atoms with van der Waals surface area (Å²) in [5.41, 5.74) is 4.01. The topological polar surface area (TPSA) is 59.1 Å². The minimum atomic E-state index is 0.189. The molecule has 1 unspecified atom stereocenters. The van der Waals surface area contributed by atoms with Crippen LogP contribution in [0.5, 0.6) is 0 Å². The average Bonchev–Trinajstić information content (AvgIpc) is 2.71. The normalized spacial score (nSPS) is 13.3. The molecule has 0 radical (unpaired) electrons. The van der Waals surface area contributed by atoms with E-state index in [0.29, 0.717) is 0 Å². The first-order valence-electron chi connectivity index (χ1n) is 5.88. The number of nitrogens with two attached hydrogens (primary N) is 1. The van der Waals surface area contributed by atoms with Crippen LogP contribution in [0.2, 0.25) is 0 Å². The lowest BCUT2D eigenvalue weighted by molar-refractivity contribution is 0.282. The number of aromatic nitrogens is 2. The van der Waals surface area contributed by atoms with Crippen molar-refractivity contribution in [1.29, 1.82) is 0 Å². The van der Waals surface area contributed by atoms with Gasteiger partial charge in [-0.1, -0.05) is 13.8 Å². The van der Waals surface area contributed by atoms with Crippen molar-refractivity contribution in [2.24, 2.45) is 12.9 Å². The summed E-state index contributed by atoms with van der Waals surface area (Å²) in [6.07, 6.45) is 4.88. The lowest BCUT2D eigenvalue weighted by Crippen LogP contribution is -2.32. The van der Waals surface area contributed by atoms with Gasteiger partial charge in [0.05, 0.1) is 12.2 Å². The fourth-order valence-electron chi connectivity index (χ4n) is 1.82. The van der Waals surface area contributed by atoms with Gasteiger partial charge < -0.3 is 4.90 Å². The smallest absolute Gasteiger partial charge is 0.0538 e. The molecule has 0 bridgehead atoms. The molecule has 16 heavy (non-hydrogen) atoms. The van der Waals surface area contributed by atoms with E-state index in [1.54, 1.807) is 4.68 Å². The Morgan fingerprint density at radius 3 is 2.62 bits per heavy atom. The van der Waals surface area contributed by atoms with Crippen LogP contribution in [0, 0.1) is 0 Å². The Balaban J connectivity index is 2.49. The molecule has 1 heterocycles. The molecule has 0 aromatic carbocycles. The van der Waals surface area contributed by atoms with Gasteiger partial charge in [-0.2, -0.15) is 5.10 Å². The summed E-state index contributed by atoms with van der Waals surface area (Å²) < 4.78 is 1.80. The quantitative estimate of drug-likeness (QED) is 0.528. The van der Waals surface area contributed by atoms with Gasteiger partial charge in [0.15, 0.2) is 0 Å². The molecule has 0 spiro atoms. The zero-order valence-electron chi connectivity index (χ0n) is 10.5. The Labute approximate surface area is 97.6 Å². The molecule has 0 aliphatic heterocycles. The summed E-state index contributed by atoms with van der Waals surface area (Å²) in [6.45, 7) is 7.58. The molecule has 1 aromatic heterocycles. The molecule has 1 aromatic rings. The number of hydrogen-bond acceptors (Lipinski definition) is 4. The van der Waals surface area contributed by atoms with Gasteiger partial charge in [0.1, 0.15) is 0 Å². The van der Waals surface area contributed by atoms with Crippen LogP contribution in [0.4, 0.5) is 0 Å². The highest BCUT2D eigenvalue weighted by Crippen LogP contribution is 2.15. The second kappa shape index (κ2) is 6.62. The standard InChI is InChI=1S/C11H23N5/c1-4-16(5-2)7-6-11(14-12)10-8-13-15(3)9-10/h8-9,11,14H,4-7,12H2,1-3H3. The third-order valence-electron chi connectivity index (χ3n) is 2.96. The lowest BCUT2D eigenvalue weighted by Gasteiger charge is -2.21. The first-order chi connectivity index (χ1) is 7.71. The lowest BCUT2D eigenvalue weighted by atomic mass is 10.1. The van der Waals surface area contributed by atoms with E-state index in [0.717, 1.165) is 31.6 Å². The Hall–Kier alpha value is -0.910. The molecular weight excluding hydrogens is 202 g/mol. The maximum Gasteiger partial charge on any atom is 0.0538 e. The van der Waals surface area contributed by atoms with Crippen LogP contribution in [0.1, 0.15) is 31.9 Å². The second-order valence-corrected chi connectivity index (χ2v) is 3.98. The highest BCUT2D eigenvalue weighted by atomic mass is 15.3. The molecule has 0 fully saturated rings. The van der Waals surface area contributed by atoms with E-state index >= 15 is 0 Å². The van der Waals surface area contributed by atoms with Crippen molar-refractivity contribution in [3.63, 3.8) is 0 Å². The van der Waals surface area contributed by atoms with Gasteiger partial charge >= 0.3 is 0 Å². The molecule has 1 atom stereocenters. The second-order valence-electron chi connectivity index (χ2n) is 3.98. The Kier molecular flexibility index (Phi) is 5.45. The molecule has 1 rings (SSSR count). The highest BCUT2D eigenvalue weighted by Gasteiger charge is 2.12. The predicted octanol–water partition coefficient (Wildman–Crippen LogP) is 0.656. The van der Waals surface area contributed by atoms with Crippen LogP contribution in [-0.4, -0.2) is 34.3 Å². The van der Waals surface area contributed by atoms with Gasteiger partial charge in [0.2, 0.25) is 0 Å². The van der Waals surface area contributed by atoms with E-state index in [-0.39, 0.29) is 6.04 Å². The molecular formula is C11H23N5. The van der Waals surface area contributed by atoms with Crippen molar-refractivity contribution in [2.75, 3.05) is 19.6 Å². The van der Waals surface area contributed by atoms with E-state index in [4.69, 9.17) is 5.84 Å². The van der Waals surface area contributed by atoms with Crippen LogP contribution in [-0.2, 0) is 7.05 Å². The fourth-order valence-corrected chi connectivity index (χ4v) is 1.82. The van der Waals surface area contributed by atoms with Gasteiger partial charge in [-0.3, -0.25) is 16.0 Å². The average molecular weight is 225 g/mol. The van der Waals surface area contributed by atoms with E-state index in [1.165, 1.54) is 0 Å². The summed E-state index contributed by atoms with van der Waals surface area (Å²) in [7, 11) is 1.92. The van der Waals surface area contributed by atoms with E-state index in [1.807, 2.05) is 19.4 Å². The molecule has 0 amide bonds. The predicted molar refractivity (Wildman–Crippen MR) is 65.7 cm³/mol. The molecule has 5 nitrogen and oxygen atoms in total. The Morgan fingerprint density at radius 1 is 1.50 bits per heavy atom. The SMILES string of the molecule is CCN(CC)CCC(NN)c1cnn(C)c1. The van der Waals surface area contributed by atoms with Gasteiger partial charge in [0, 0.05) is 18.8 Å². The third-order valence-corrected chi connectivity index (χ3v) is 2.96. The molecule has 0 aliphatic rings. The molecule has 0 aliphatic carbocycles. The van der Waals surface area contributed by atoms with Gasteiger partial charge in [-0.15, -0.1) is 0 Å². The van der Waals surface area contributed by atoms with E-state index < -0.39 is 0 Å². The molecule has 5 heteroatoms. The summed E-state index contributed by atoms with van der Waals surface area (Å²) >= 11 is 0. The third kappa shape index (κ3) is 3.59. The summed E-state index contributed by atoms with van der Waals surface area (Å²) in [6, 6.07) is 0.189. The summed E-state index contributed by atoms with van der Waals surface area (Å²) in [4.78, 5) is 2.39. The molecule has 3 N–H and O–H groups in total. The van der Waals surface area contributed by atoms with Crippen LogP contribution in [0.25, 0.3) is 0 Å². The number of nitrogens with one attached hydrogen (secondary N) is 1. The van der Waals surface area contributed by atoms with Gasteiger partial charge in [0.25, 0.3) is 0 Å². The van der Waals surface area contributed by atoms with Crippen LogP contribution in [0.3, 0.4) is 0 Å². The van der Waals surface area contributed by atoms with Crippen LogP contribution < -0.4 is 11.3 Å². The molecule has 0 saturated heterocycles. The van der Waals surface area contributed by atoms with Crippen molar-refractivity contribution in [2.45, 2.75) is 26.3 Å². The maximum atomic E-state index is 5.58. The van der Waals surface area contributed by atoms with Crippen molar-refractivity contribution < 1.29 is 0 Å². The van der Waals surface area contributed by atoms with Gasteiger partial charge in [-0.05, 0) is 26.1 Å². The van der Waals surface area contributed by atoms with E-state index in [2.05, 4.69) is 29.3 Å². The van der Waals surface area contributed by atoms with Gasteiger partial charge in [-0.25, -0.2) is 0 Å². The zero-order chi connectivity index (χ0) is 12.0. The fraction of sp³-hybridized carbons (Fsp3) is 0.727. The number of rotatable bonds is 7. The monoisotopic (exact) mass is 225 g/mol. The zero-order valence-corrected chi connectivity index (χ0v) is 10.5. The summed E-state index contributed by atoms with van der Waals surface area (Å²) in [5, 5.41) is 4.16. The molecule has 92 valence electrons. The number of hydrazine groups is 1.